The first kappa shape index (κ1) is 34.3. The summed E-state index contributed by atoms with van der Waals surface area (Å²) in [6.07, 6.45) is -1.12. The van der Waals surface area contributed by atoms with E-state index in [2.05, 4.69) is 20.9 Å². The lowest BCUT2D eigenvalue weighted by atomic mass is 10.0. The summed E-state index contributed by atoms with van der Waals surface area (Å²) in [6, 6.07) is 3.73. The van der Waals surface area contributed by atoms with Gasteiger partial charge in [0, 0.05) is 19.4 Å². The van der Waals surface area contributed by atoms with E-state index in [1.165, 1.54) is 0 Å². The van der Waals surface area contributed by atoms with Crippen LogP contribution in [0.25, 0.3) is 0 Å². The number of hydrogen-bond donors (Lipinski definition) is 9. The molecule has 1 aromatic carbocycles. The summed E-state index contributed by atoms with van der Waals surface area (Å²) in [5, 5.41) is 25.4. The van der Waals surface area contributed by atoms with Crippen LogP contribution in [0, 0.1) is 0 Å². The molecule has 0 aliphatic carbocycles. The Hall–Kier alpha value is -4.73. The Balaban J connectivity index is 3.06. The first-order valence-electron chi connectivity index (χ1n) is 12.8. The second-order valence-corrected chi connectivity index (χ2v) is 9.20. The van der Waals surface area contributed by atoms with Gasteiger partial charge in [-0.2, -0.15) is 0 Å². The van der Waals surface area contributed by atoms with E-state index in [1.54, 1.807) is 24.3 Å². The van der Waals surface area contributed by atoms with Gasteiger partial charge in [0.2, 0.25) is 23.6 Å². The van der Waals surface area contributed by atoms with Crippen molar-refractivity contribution in [3.8, 4) is 0 Å². The van der Waals surface area contributed by atoms with Crippen LogP contribution in [0.15, 0.2) is 35.3 Å². The average molecular weight is 579 g/mol. The van der Waals surface area contributed by atoms with Crippen molar-refractivity contribution in [3.63, 3.8) is 0 Å². The number of primary amides is 1. The van der Waals surface area contributed by atoms with Crippen molar-refractivity contribution in [1.29, 1.82) is 0 Å². The van der Waals surface area contributed by atoms with Gasteiger partial charge in [-0.05, 0) is 37.7 Å². The summed E-state index contributed by atoms with van der Waals surface area (Å²) < 4.78 is 0. The molecular formula is C25H38N8O8. The highest BCUT2D eigenvalue weighted by molar-refractivity contribution is 5.94. The highest BCUT2D eigenvalue weighted by Gasteiger charge is 2.30. The Morgan fingerprint density at radius 1 is 0.756 bits per heavy atom. The number of amides is 4. The number of rotatable bonds is 19. The Kier molecular flexibility index (Phi) is 14.9. The van der Waals surface area contributed by atoms with E-state index in [0.29, 0.717) is 0 Å². The van der Waals surface area contributed by atoms with Gasteiger partial charge >= 0.3 is 11.9 Å². The number of carboxylic acid groups (broad SMARTS) is 2. The fourth-order valence-corrected chi connectivity index (χ4v) is 3.64. The van der Waals surface area contributed by atoms with Gasteiger partial charge in [0.15, 0.2) is 5.96 Å². The van der Waals surface area contributed by atoms with Crippen molar-refractivity contribution < 1.29 is 39.0 Å². The minimum absolute atomic E-state index is 0.0347. The average Bonchev–Trinajstić information content (AvgIpc) is 2.90. The first-order valence-corrected chi connectivity index (χ1v) is 12.8. The van der Waals surface area contributed by atoms with E-state index in [0.717, 1.165) is 5.56 Å². The Morgan fingerprint density at radius 2 is 1.29 bits per heavy atom. The number of nitrogens with two attached hydrogens (primary N) is 4. The van der Waals surface area contributed by atoms with Crippen molar-refractivity contribution in [2.45, 2.75) is 69.1 Å². The van der Waals surface area contributed by atoms with Crippen LogP contribution in [0.1, 0.15) is 44.1 Å². The molecule has 4 atom stereocenters. The third kappa shape index (κ3) is 14.3. The molecule has 16 nitrogen and oxygen atoms in total. The molecule has 0 spiro atoms. The fourth-order valence-electron chi connectivity index (χ4n) is 3.64. The number of nitrogens with zero attached hydrogens (tertiary/aromatic N) is 1. The molecule has 16 heteroatoms. The third-order valence-electron chi connectivity index (χ3n) is 5.79. The number of nitrogens with one attached hydrogen (secondary N) is 3. The first-order chi connectivity index (χ1) is 19.3. The molecule has 0 bridgehead atoms. The number of aliphatic carboxylic acids is 2. The van der Waals surface area contributed by atoms with Crippen molar-refractivity contribution in [3.05, 3.63) is 35.9 Å². The van der Waals surface area contributed by atoms with E-state index in [9.17, 15) is 33.9 Å². The molecule has 0 fully saturated rings. The minimum atomic E-state index is -1.57. The molecular weight excluding hydrogens is 540 g/mol. The van der Waals surface area contributed by atoms with E-state index in [-0.39, 0.29) is 44.6 Å². The van der Waals surface area contributed by atoms with Gasteiger partial charge in [-0.15, -0.1) is 0 Å². The summed E-state index contributed by atoms with van der Waals surface area (Å²) in [4.78, 5) is 76.6. The molecule has 0 aliphatic heterocycles. The topological polar surface area (TPSA) is 295 Å². The van der Waals surface area contributed by atoms with Crippen LogP contribution < -0.4 is 38.9 Å². The van der Waals surface area contributed by atoms with Gasteiger partial charge in [-0.1, -0.05) is 30.3 Å². The lowest BCUT2D eigenvalue weighted by molar-refractivity contribution is -0.143. The molecule has 4 amide bonds. The molecule has 0 heterocycles. The number of carboxylic acids is 2. The van der Waals surface area contributed by atoms with Crippen LogP contribution in [0.5, 0.6) is 0 Å². The molecule has 226 valence electrons. The minimum Gasteiger partial charge on any atom is -0.481 e. The highest BCUT2D eigenvalue weighted by atomic mass is 16.4. The summed E-state index contributed by atoms with van der Waals surface area (Å²) >= 11 is 0. The number of hydrogen-bond acceptors (Lipinski definition) is 8. The van der Waals surface area contributed by atoms with Crippen LogP contribution in [0.4, 0.5) is 0 Å². The lowest BCUT2D eigenvalue weighted by Crippen LogP contribution is -2.57. The quantitative estimate of drug-likeness (QED) is 0.0461. The third-order valence-corrected chi connectivity index (χ3v) is 5.79. The number of carbonyl (C=O) groups excluding carboxylic acids is 4. The molecule has 0 saturated carbocycles. The van der Waals surface area contributed by atoms with Crippen molar-refractivity contribution in [2.24, 2.45) is 27.9 Å². The van der Waals surface area contributed by atoms with Gasteiger partial charge < -0.3 is 49.1 Å². The van der Waals surface area contributed by atoms with Crippen LogP contribution in [0.2, 0.25) is 0 Å². The number of guanidine groups is 1. The number of benzene rings is 1. The zero-order valence-electron chi connectivity index (χ0n) is 22.5. The van der Waals surface area contributed by atoms with Gasteiger partial charge in [0.25, 0.3) is 0 Å². The van der Waals surface area contributed by atoms with Crippen molar-refractivity contribution >= 4 is 41.5 Å². The lowest BCUT2D eigenvalue weighted by Gasteiger charge is -2.25. The maximum absolute atomic E-state index is 13.2. The van der Waals surface area contributed by atoms with Crippen LogP contribution in [0.3, 0.4) is 0 Å². The number of carbonyl (C=O) groups is 6. The molecule has 0 aromatic heterocycles. The van der Waals surface area contributed by atoms with Gasteiger partial charge in [0.05, 0.1) is 6.04 Å². The monoisotopic (exact) mass is 578 g/mol. The van der Waals surface area contributed by atoms with Crippen LogP contribution >= 0.6 is 0 Å². The summed E-state index contributed by atoms with van der Waals surface area (Å²) in [6.45, 7) is 0.132. The molecule has 1 rings (SSSR count). The van der Waals surface area contributed by atoms with Gasteiger partial charge in [-0.25, -0.2) is 4.79 Å². The molecule has 13 N–H and O–H groups in total. The fraction of sp³-hybridized carbons (Fsp3) is 0.480. The molecule has 1 aromatic rings. The normalized spacial score (nSPS) is 13.5. The molecule has 0 saturated heterocycles. The highest BCUT2D eigenvalue weighted by Crippen LogP contribution is 2.07. The summed E-state index contributed by atoms with van der Waals surface area (Å²) in [7, 11) is 0. The summed E-state index contributed by atoms with van der Waals surface area (Å²) in [5.74, 6) is -6.16. The molecule has 4 unspecified atom stereocenters. The molecule has 0 aliphatic rings. The van der Waals surface area contributed by atoms with Gasteiger partial charge in [-0.3, -0.25) is 29.0 Å². The largest absolute Gasteiger partial charge is 0.481 e. The number of aliphatic imine (C=N–C) groups is 1. The molecule has 0 radical (unpaired) electrons. The predicted octanol–water partition coefficient (Wildman–Crippen LogP) is -2.72. The van der Waals surface area contributed by atoms with Crippen molar-refractivity contribution in [2.75, 3.05) is 6.54 Å². The van der Waals surface area contributed by atoms with Crippen LogP contribution in [-0.2, 0) is 35.2 Å². The summed E-state index contributed by atoms with van der Waals surface area (Å²) in [5.41, 5.74) is 22.7. The zero-order chi connectivity index (χ0) is 30.9. The van der Waals surface area contributed by atoms with E-state index in [4.69, 9.17) is 28.0 Å². The Bertz CT molecular complexity index is 1090. The van der Waals surface area contributed by atoms with Crippen molar-refractivity contribution in [1.82, 2.24) is 16.0 Å². The maximum atomic E-state index is 13.2. The van der Waals surface area contributed by atoms with Gasteiger partial charge in [0.1, 0.15) is 18.1 Å². The predicted molar refractivity (Wildman–Crippen MR) is 147 cm³/mol. The molecule has 41 heavy (non-hydrogen) atoms. The van der Waals surface area contributed by atoms with E-state index >= 15 is 0 Å². The zero-order valence-corrected chi connectivity index (χ0v) is 22.5. The second kappa shape index (κ2) is 17.8. The smallest absolute Gasteiger partial charge is 0.326 e. The Labute approximate surface area is 236 Å². The SMILES string of the molecule is NC(=O)CCC(NC(=O)C(CCCN=C(N)N)NC(=O)C(N)Cc1ccccc1)C(=O)NC(CCC(=O)O)C(=O)O. The Morgan fingerprint density at radius 3 is 1.83 bits per heavy atom. The maximum Gasteiger partial charge on any atom is 0.326 e. The van der Waals surface area contributed by atoms with E-state index < -0.39 is 72.6 Å². The second-order valence-electron chi connectivity index (χ2n) is 9.20. The van der Waals surface area contributed by atoms with Crippen LogP contribution in [-0.4, -0.2) is 82.5 Å². The standard InChI is InChI=1S/C25H38N8O8/c26-15(13-14-5-2-1-3-6-14)21(37)31-16(7-4-12-30-25(28)29)22(38)32-17(8-10-19(27)34)23(39)33-18(24(40)41)9-11-20(35)36/h1-3,5-6,15-18H,4,7-13,26H2,(H2,27,34)(H,31,37)(H,32,38)(H,33,39)(H,35,36)(H,40,41)(H4,28,29,30). The van der Waals surface area contributed by atoms with E-state index in [1.807, 2.05) is 6.07 Å².